The third-order valence-corrected chi connectivity index (χ3v) is 9.16. The van der Waals surface area contributed by atoms with Crippen LogP contribution in [0.4, 0.5) is 0 Å². The zero-order valence-electron chi connectivity index (χ0n) is 17.1. The molecular formula is C23H28N2O2S3. The summed E-state index contributed by atoms with van der Waals surface area (Å²) in [4.78, 5) is 0.957. The summed E-state index contributed by atoms with van der Waals surface area (Å²) in [6.07, 6.45) is 6.68. The summed E-state index contributed by atoms with van der Waals surface area (Å²) in [5.74, 6) is 0.850. The lowest BCUT2D eigenvalue weighted by Gasteiger charge is -2.19. The third-order valence-electron chi connectivity index (χ3n) is 5.89. The first kappa shape index (κ1) is 21.7. The Morgan fingerprint density at radius 1 is 1.17 bits per heavy atom. The van der Waals surface area contributed by atoms with E-state index in [1.165, 1.54) is 49.0 Å². The number of hydrogen-bond donors (Lipinski definition) is 2. The van der Waals surface area contributed by atoms with Crippen molar-refractivity contribution in [3.8, 4) is 21.6 Å². The van der Waals surface area contributed by atoms with E-state index < -0.39 is 10.0 Å². The fraction of sp³-hybridized carbons (Fsp3) is 0.391. The number of primary sulfonamides is 1. The number of nitrogens with two attached hydrogens (primary N) is 1. The molecule has 3 N–H and O–H groups in total. The van der Waals surface area contributed by atoms with Crippen LogP contribution in [0.5, 0.6) is 0 Å². The predicted molar refractivity (Wildman–Crippen MR) is 127 cm³/mol. The Bertz CT molecular complexity index is 1080. The van der Waals surface area contributed by atoms with Crippen molar-refractivity contribution >= 4 is 32.7 Å². The van der Waals surface area contributed by atoms with Gasteiger partial charge in [-0.3, -0.25) is 0 Å². The number of thiophene rings is 2. The fourth-order valence-corrected chi connectivity index (χ4v) is 6.98. The lowest BCUT2D eigenvalue weighted by atomic mass is 9.98. The van der Waals surface area contributed by atoms with Crippen LogP contribution < -0.4 is 10.5 Å². The van der Waals surface area contributed by atoms with Crippen LogP contribution in [-0.2, 0) is 16.6 Å². The minimum Gasteiger partial charge on any atom is -0.310 e. The first-order chi connectivity index (χ1) is 14.4. The summed E-state index contributed by atoms with van der Waals surface area (Å²) in [7, 11) is -3.75. The molecule has 3 aromatic rings. The molecule has 0 saturated heterocycles. The normalized spacial score (nSPS) is 16.2. The van der Waals surface area contributed by atoms with Crippen LogP contribution in [0.3, 0.4) is 0 Å². The lowest BCUT2D eigenvalue weighted by molar-refractivity contribution is 0.404. The molecule has 1 atom stereocenters. The molecule has 160 valence electrons. The molecule has 1 aromatic carbocycles. The van der Waals surface area contributed by atoms with E-state index >= 15 is 0 Å². The maximum atomic E-state index is 12.0. The molecule has 4 rings (SSSR count). The van der Waals surface area contributed by atoms with E-state index in [0.29, 0.717) is 6.04 Å². The molecule has 1 aliphatic rings. The van der Waals surface area contributed by atoms with Gasteiger partial charge in [0, 0.05) is 23.0 Å². The Kier molecular flexibility index (Phi) is 6.75. The van der Waals surface area contributed by atoms with E-state index in [0.717, 1.165) is 34.0 Å². The minimum absolute atomic E-state index is 0.205. The Hall–Kier alpha value is -1.51. The van der Waals surface area contributed by atoms with Crippen molar-refractivity contribution in [2.45, 2.75) is 55.8 Å². The van der Waals surface area contributed by atoms with Crippen LogP contribution in [-0.4, -0.2) is 14.5 Å². The topological polar surface area (TPSA) is 72.2 Å². The Balaban J connectivity index is 1.62. The van der Waals surface area contributed by atoms with Gasteiger partial charge in [0.2, 0.25) is 10.0 Å². The highest BCUT2D eigenvalue weighted by Crippen LogP contribution is 2.42. The summed E-state index contributed by atoms with van der Waals surface area (Å²) in [6, 6.07) is 12.4. The minimum atomic E-state index is -3.75. The summed E-state index contributed by atoms with van der Waals surface area (Å²) in [5, 5.41) is 13.2. The maximum Gasteiger partial charge on any atom is 0.247 e. The quantitative estimate of drug-likeness (QED) is 0.443. The van der Waals surface area contributed by atoms with Crippen LogP contribution in [0.15, 0.2) is 51.4 Å². The van der Waals surface area contributed by atoms with Crippen molar-refractivity contribution in [1.29, 1.82) is 0 Å². The average molecular weight is 461 g/mol. The van der Waals surface area contributed by atoms with Crippen LogP contribution in [0, 0.1) is 5.92 Å². The highest BCUT2D eigenvalue weighted by atomic mass is 32.2. The largest absolute Gasteiger partial charge is 0.310 e. The third kappa shape index (κ3) is 5.03. The molecule has 0 bridgehead atoms. The van der Waals surface area contributed by atoms with E-state index in [4.69, 9.17) is 5.14 Å². The molecule has 0 amide bonds. The van der Waals surface area contributed by atoms with Gasteiger partial charge in [0.1, 0.15) is 4.21 Å². The maximum absolute atomic E-state index is 12.0. The van der Waals surface area contributed by atoms with E-state index in [1.807, 2.05) is 29.0 Å². The van der Waals surface area contributed by atoms with Gasteiger partial charge in [-0.15, -0.1) is 11.3 Å². The van der Waals surface area contributed by atoms with E-state index in [2.05, 4.69) is 24.4 Å². The standard InChI is InChI=1S/C23H28N2O2S3/c1-16(12-17-6-2-3-7-17)25-14-18-8-4-5-9-20(18)23-21(19-10-11-28-15-19)13-22(29-23)30(24,26)27/h4-5,8-11,13,15-17,25H,2-3,6-7,12,14H2,1H3,(H2,24,26,27)/t16-/m0/s1. The van der Waals surface area contributed by atoms with E-state index in [-0.39, 0.29) is 4.21 Å². The first-order valence-corrected chi connectivity index (χ1v) is 13.7. The molecule has 1 fully saturated rings. The highest BCUT2D eigenvalue weighted by Gasteiger charge is 2.21. The molecule has 1 saturated carbocycles. The zero-order valence-corrected chi connectivity index (χ0v) is 19.6. The van der Waals surface area contributed by atoms with Crippen molar-refractivity contribution in [3.05, 3.63) is 52.7 Å². The summed E-state index contributed by atoms with van der Waals surface area (Å²) >= 11 is 2.86. The lowest BCUT2D eigenvalue weighted by Crippen LogP contribution is -2.27. The Labute approximate surface area is 187 Å². The van der Waals surface area contributed by atoms with Gasteiger partial charge in [0.25, 0.3) is 0 Å². The van der Waals surface area contributed by atoms with Gasteiger partial charge in [-0.2, -0.15) is 11.3 Å². The molecule has 30 heavy (non-hydrogen) atoms. The molecule has 1 aliphatic carbocycles. The number of benzene rings is 1. The molecule has 0 aliphatic heterocycles. The monoisotopic (exact) mass is 460 g/mol. The molecule has 0 spiro atoms. The van der Waals surface area contributed by atoms with Gasteiger partial charge >= 0.3 is 0 Å². The van der Waals surface area contributed by atoms with Crippen LogP contribution in [0.1, 0.15) is 44.6 Å². The summed E-state index contributed by atoms with van der Waals surface area (Å²) < 4.78 is 24.3. The Morgan fingerprint density at radius 2 is 1.93 bits per heavy atom. The second-order valence-corrected chi connectivity index (χ2v) is 11.8. The second kappa shape index (κ2) is 9.32. The molecule has 0 radical (unpaired) electrons. The second-order valence-electron chi connectivity index (χ2n) is 8.19. The zero-order chi connectivity index (χ0) is 21.1. The van der Waals surface area contributed by atoms with Crippen molar-refractivity contribution in [2.75, 3.05) is 0 Å². The van der Waals surface area contributed by atoms with E-state index in [1.54, 1.807) is 17.4 Å². The van der Waals surface area contributed by atoms with Gasteiger partial charge in [0.05, 0.1) is 0 Å². The van der Waals surface area contributed by atoms with Gasteiger partial charge < -0.3 is 5.32 Å². The van der Waals surface area contributed by atoms with Crippen molar-refractivity contribution in [3.63, 3.8) is 0 Å². The SMILES string of the molecule is C[C@@H](CC1CCCC1)NCc1ccccc1-c1sc(S(N)(=O)=O)cc1-c1ccsc1. The smallest absolute Gasteiger partial charge is 0.247 e. The Morgan fingerprint density at radius 3 is 2.63 bits per heavy atom. The molecule has 4 nitrogen and oxygen atoms in total. The summed E-state index contributed by atoms with van der Waals surface area (Å²) in [6.45, 7) is 3.03. The fourth-order valence-electron chi connectivity index (χ4n) is 4.35. The average Bonchev–Trinajstić information content (AvgIpc) is 3.46. The first-order valence-electron chi connectivity index (χ1n) is 10.4. The molecule has 0 unspecified atom stereocenters. The summed E-state index contributed by atoms with van der Waals surface area (Å²) in [5.41, 5.74) is 4.20. The van der Waals surface area contributed by atoms with Crippen molar-refractivity contribution in [2.24, 2.45) is 11.1 Å². The van der Waals surface area contributed by atoms with Crippen LogP contribution in [0.2, 0.25) is 0 Å². The van der Waals surface area contributed by atoms with Gasteiger partial charge in [0.15, 0.2) is 0 Å². The highest BCUT2D eigenvalue weighted by molar-refractivity contribution is 7.91. The van der Waals surface area contributed by atoms with Gasteiger partial charge in [-0.1, -0.05) is 49.9 Å². The number of nitrogens with one attached hydrogen (secondary N) is 1. The molecule has 2 heterocycles. The van der Waals surface area contributed by atoms with Crippen LogP contribution in [0.25, 0.3) is 21.6 Å². The molecule has 2 aromatic heterocycles. The van der Waals surface area contributed by atoms with Crippen LogP contribution >= 0.6 is 22.7 Å². The van der Waals surface area contributed by atoms with Crippen molar-refractivity contribution in [1.82, 2.24) is 5.32 Å². The van der Waals surface area contributed by atoms with Gasteiger partial charge in [-0.05, 0) is 58.8 Å². The van der Waals surface area contributed by atoms with Gasteiger partial charge in [-0.25, -0.2) is 13.6 Å². The molecular weight excluding hydrogens is 432 g/mol. The number of rotatable bonds is 8. The van der Waals surface area contributed by atoms with E-state index in [9.17, 15) is 8.42 Å². The number of hydrogen-bond acceptors (Lipinski definition) is 5. The molecule has 7 heteroatoms. The predicted octanol–water partition coefficient (Wildman–Crippen LogP) is 5.85. The number of sulfonamides is 1. The van der Waals surface area contributed by atoms with Crippen molar-refractivity contribution < 1.29 is 8.42 Å².